The van der Waals surface area contributed by atoms with Crippen LogP contribution < -0.4 is 4.74 Å². The van der Waals surface area contributed by atoms with E-state index in [1.807, 2.05) is 0 Å². The molecule has 1 aromatic carbocycles. The highest BCUT2D eigenvalue weighted by Crippen LogP contribution is 2.32. The number of hydrogen-bond acceptors (Lipinski definition) is 2. The van der Waals surface area contributed by atoms with Crippen molar-refractivity contribution in [3.8, 4) is 5.75 Å². The zero-order valence-electron chi connectivity index (χ0n) is 9.13. The molecule has 1 N–H and O–H groups in total. The van der Waals surface area contributed by atoms with Gasteiger partial charge in [-0.15, -0.1) is 0 Å². The molecule has 1 aliphatic rings. The number of fused-ring (bicyclic) bond motifs is 1. The standard InChI is InChI=1S/C12H13F3O2/c13-12(14,15)7-17-9-5-4-8-2-1-3-11(16)10(8)6-9/h4-6,11,16H,1-3,7H2/t11-/m0/s1. The molecule has 0 spiro atoms. The molecule has 1 aromatic rings. The zero-order valence-corrected chi connectivity index (χ0v) is 9.13. The lowest BCUT2D eigenvalue weighted by atomic mass is 9.89. The van der Waals surface area contributed by atoms with E-state index in [1.54, 1.807) is 6.07 Å². The predicted molar refractivity (Wildman–Crippen MR) is 55.9 cm³/mol. The van der Waals surface area contributed by atoms with Crippen LogP contribution in [0.5, 0.6) is 5.75 Å². The smallest absolute Gasteiger partial charge is 0.422 e. The molecule has 0 saturated heterocycles. The van der Waals surface area contributed by atoms with Gasteiger partial charge in [0.2, 0.25) is 0 Å². The first-order valence-electron chi connectivity index (χ1n) is 5.46. The van der Waals surface area contributed by atoms with Crippen LogP contribution in [-0.4, -0.2) is 17.9 Å². The average Bonchev–Trinajstić information content (AvgIpc) is 2.26. The second-order valence-corrected chi connectivity index (χ2v) is 4.17. The monoisotopic (exact) mass is 246 g/mol. The van der Waals surface area contributed by atoms with Gasteiger partial charge < -0.3 is 9.84 Å². The summed E-state index contributed by atoms with van der Waals surface area (Å²) in [4.78, 5) is 0. The van der Waals surface area contributed by atoms with E-state index in [2.05, 4.69) is 4.74 Å². The van der Waals surface area contributed by atoms with Gasteiger partial charge in [0.15, 0.2) is 6.61 Å². The molecule has 1 aliphatic carbocycles. The fourth-order valence-corrected chi connectivity index (χ4v) is 2.01. The van der Waals surface area contributed by atoms with Crippen LogP contribution >= 0.6 is 0 Å². The number of halogens is 3. The molecule has 0 unspecified atom stereocenters. The van der Waals surface area contributed by atoms with E-state index in [1.165, 1.54) is 12.1 Å². The van der Waals surface area contributed by atoms with Crippen LogP contribution in [-0.2, 0) is 6.42 Å². The molecule has 5 heteroatoms. The SMILES string of the molecule is O[C@H]1CCCc2ccc(OCC(F)(F)F)cc21. The third-order valence-electron chi connectivity index (χ3n) is 2.80. The Morgan fingerprint density at radius 3 is 2.82 bits per heavy atom. The maximum atomic E-state index is 12.0. The van der Waals surface area contributed by atoms with Gasteiger partial charge in [0.1, 0.15) is 5.75 Å². The molecule has 0 radical (unpaired) electrons. The summed E-state index contributed by atoms with van der Waals surface area (Å²) in [5.74, 6) is 0.155. The minimum absolute atomic E-state index is 0.155. The summed E-state index contributed by atoms with van der Waals surface area (Å²) in [6, 6.07) is 4.75. The molecule has 0 bridgehead atoms. The molecule has 0 amide bonds. The van der Waals surface area contributed by atoms with Gasteiger partial charge >= 0.3 is 6.18 Å². The van der Waals surface area contributed by atoms with E-state index in [9.17, 15) is 18.3 Å². The summed E-state index contributed by atoms with van der Waals surface area (Å²) in [7, 11) is 0. The molecule has 0 saturated carbocycles. The highest BCUT2D eigenvalue weighted by Gasteiger charge is 2.28. The fraction of sp³-hybridized carbons (Fsp3) is 0.500. The van der Waals surface area contributed by atoms with Crippen LogP contribution in [0, 0.1) is 0 Å². The third-order valence-corrected chi connectivity index (χ3v) is 2.80. The van der Waals surface area contributed by atoms with Crippen molar-refractivity contribution >= 4 is 0 Å². The Labute approximate surface area is 97.0 Å². The van der Waals surface area contributed by atoms with E-state index < -0.39 is 18.9 Å². The minimum atomic E-state index is -4.34. The summed E-state index contributed by atoms with van der Waals surface area (Å²) >= 11 is 0. The normalized spacial score (nSPS) is 19.9. The Morgan fingerprint density at radius 1 is 1.35 bits per heavy atom. The molecule has 2 rings (SSSR count). The topological polar surface area (TPSA) is 29.5 Å². The molecule has 1 atom stereocenters. The lowest BCUT2D eigenvalue weighted by Crippen LogP contribution is -2.19. The number of benzene rings is 1. The molecule has 0 fully saturated rings. The summed E-state index contributed by atoms with van der Waals surface area (Å²) < 4.78 is 40.6. The first kappa shape index (κ1) is 12.2. The highest BCUT2D eigenvalue weighted by atomic mass is 19.4. The van der Waals surface area contributed by atoms with Crippen molar-refractivity contribution in [3.63, 3.8) is 0 Å². The quantitative estimate of drug-likeness (QED) is 0.869. The number of hydrogen-bond donors (Lipinski definition) is 1. The van der Waals surface area contributed by atoms with Gasteiger partial charge in [0.05, 0.1) is 6.10 Å². The molecular weight excluding hydrogens is 233 g/mol. The Hall–Kier alpha value is -1.23. The van der Waals surface area contributed by atoms with Gasteiger partial charge in [0.25, 0.3) is 0 Å². The number of aryl methyl sites for hydroxylation is 1. The Morgan fingerprint density at radius 2 is 2.12 bits per heavy atom. The Kier molecular flexibility index (Phi) is 3.28. The zero-order chi connectivity index (χ0) is 12.5. The number of rotatable bonds is 2. The van der Waals surface area contributed by atoms with Crippen LogP contribution in [0.1, 0.15) is 30.1 Å². The maximum Gasteiger partial charge on any atom is 0.422 e. The van der Waals surface area contributed by atoms with Gasteiger partial charge in [-0.1, -0.05) is 6.07 Å². The van der Waals surface area contributed by atoms with E-state index in [4.69, 9.17) is 0 Å². The van der Waals surface area contributed by atoms with Crippen molar-refractivity contribution in [2.24, 2.45) is 0 Å². The number of aliphatic hydroxyl groups excluding tert-OH is 1. The Bertz CT molecular complexity index is 401. The summed E-state index contributed by atoms with van der Waals surface area (Å²) in [6.07, 6.45) is -2.53. The highest BCUT2D eigenvalue weighted by molar-refractivity contribution is 5.38. The van der Waals surface area contributed by atoms with Crippen molar-refractivity contribution in [2.45, 2.75) is 31.5 Å². The van der Waals surface area contributed by atoms with Gasteiger partial charge in [-0.2, -0.15) is 13.2 Å². The molecule has 0 heterocycles. The average molecular weight is 246 g/mol. The van der Waals surface area contributed by atoms with E-state index in [0.717, 1.165) is 18.4 Å². The van der Waals surface area contributed by atoms with Crippen LogP contribution in [0.3, 0.4) is 0 Å². The summed E-state index contributed by atoms with van der Waals surface area (Å²) in [5, 5.41) is 9.74. The van der Waals surface area contributed by atoms with Crippen molar-refractivity contribution in [2.75, 3.05) is 6.61 Å². The van der Waals surface area contributed by atoms with Crippen LogP contribution in [0.2, 0.25) is 0 Å². The molecule has 94 valence electrons. The first-order valence-corrected chi connectivity index (χ1v) is 5.46. The largest absolute Gasteiger partial charge is 0.484 e. The first-order chi connectivity index (χ1) is 7.96. The molecule has 0 aromatic heterocycles. The maximum absolute atomic E-state index is 12.0. The van der Waals surface area contributed by atoms with Crippen LogP contribution in [0.4, 0.5) is 13.2 Å². The van der Waals surface area contributed by atoms with Crippen molar-refractivity contribution in [1.29, 1.82) is 0 Å². The molecule has 17 heavy (non-hydrogen) atoms. The number of alkyl halides is 3. The second-order valence-electron chi connectivity index (χ2n) is 4.17. The van der Waals surface area contributed by atoms with Crippen molar-refractivity contribution in [3.05, 3.63) is 29.3 Å². The predicted octanol–water partition coefficient (Wildman–Crippen LogP) is 3.00. The van der Waals surface area contributed by atoms with E-state index in [-0.39, 0.29) is 5.75 Å². The lowest BCUT2D eigenvalue weighted by Gasteiger charge is -2.22. The summed E-state index contributed by atoms with van der Waals surface area (Å²) in [6.45, 7) is -1.30. The van der Waals surface area contributed by atoms with Gasteiger partial charge in [0, 0.05) is 0 Å². The van der Waals surface area contributed by atoms with Gasteiger partial charge in [-0.25, -0.2) is 0 Å². The van der Waals surface area contributed by atoms with Crippen molar-refractivity contribution < 1.29 is 23.0 Å². The van der Waals surface area contributed by atoms with Crippen molar-refractivity contribution in [1.82, 2.24) is 0 Å². The van der Waals surface area contributed by atoms with Gasteiger partial charge in [-0.3, -0.25) is 0 Å². The van der Waals surface area contributed by atoms with Crippen LogP contribution in [0.15, 0.2) is 18.2 Å². The van der Waals surface area contributed by atoms with Crippen LogP contribution in [0.25, 0.3) is 0 Å². The fourth-order valence-electron chi connectivity index (χ4n) is 2.01. The van der Waals surface area contributed by atoms with E-state index >= 15 is 0 Å². The molecule has 0 aliphatic heterocycles. The summed E-state index contributed by atoms with van der Waals surface area (Å²) in [5.41, 5.74) is 1.68. The van der Waals surface area contributed by atoms with Gasteiger partial charge in [-0.05, 0) is 42.5 Å². The minimum Gasteiger partial charge on any atom is -0.484 e. The molecule has 2 nitrogen and oxygen atoms in total. The molecular formula is C12H13F3O2. The third kappa shape index (κ3) is 3.12. The van der Waals surface area contributed by atoms with E-state index in [0.29, 0.717) is 12.0 Å². The second kappa shape index (κ2) is 4.56. The number of ether oxygens (including phenoxy) is 1. The Balaban J connectivity index is 2.12. The lowest BCUT2D eigenvalue weighted by molar-refractivity contribution is -0.153. The number of aliphatic hydroxyl groups is 1.